The molecule has 5 heteroatoms. The summed E-state index contributed by atoms with van der Waals surface area (Å²) in [5, 5.41) is 5.10. The van der Waals surface area contributed by atoms with Gasteiger partial charge in [-0.25, -0.2) is 15.0 Å². The van der Waals surface area contributed by atoms with Crippen LogP contribution in [0.15, 0.2) is 170 Å². The fourth-order valence-electron chi connectivity index (χ4n) is 7.03. The zero-order chi connectivity index (χ0) is 33.0. The molecule has 0 amide bonds. The van der Waals surface area contributed by atoms with Crippen LogP contribution in [-0.2, 0) is 0 Å². The normalized spacial score (nSPS) is 11.6. The summed E-state index contributed by atoms with van der Waals surface area (Å²) >= 11 is 1.86. The van der Waals surface area contributed by atoms with Gasteiger partial charge in [-0.1, -0.05) is 121 Å². The Morgan fingerprint density at radius 2 is 0.820 bits per heavy atom. The molecule has 0 saturated heterocycles. The molecule has 0 bridgehead atoms. The van der Waals surface area contributed by atoms with Crippen LogP contribution < -0.4 is 0 Å². The van der Waals surface area contributed by atoms with Crippen LogP contribution in [0.2, 0.25) is 0 Å². The predicted molar refractivity (Wildman–Crippen MR) is 209 cm³/mol. The summed E-state index contributed by atoms with van der Waals surface area (Å²) in [6, 6.07) is 59.8. The van der Waals surface area contributed by atoms with E-state index in [9.17, 15) is 0 Å². The third kappa shape index (κ3) is 4.79. The molecule has 0 unspecified atom stereocenters. The fraction of sp³-hybridized carbons (Fsp3) is 0. The summed E-state index contributed by atoms with van der Waals surface area (Å²) in [5.41, 5.74) is 8.69. The molecule has 0 aliphatic carbocycles. The number of hydrogen-bond acceptors (Lipinski definition) is 4. The Labute approximate surface area is 292 Å². The van der Waals surface area contributed by atoms with E-state index in [2.05, 4.69) is 114 Å². The van der Waals surface area contributed by atoms with Crippen molar-refractivity contribution in [1.82, 2.24) is 19.5 Å². The van der Waals surface area contributed by atoms with Gasteiger partial charge in [0.25, 0.3) is 0 Å². The number of benzene rings is 7. The Morgan fingerprint density at radius 1 is 0.340 bits per heavy atom. The molecule has 0 spiro atoms. The monoisotopic (exact) mass is 656 g/mol. The van der Waals surface area contributed by atoms with Gasteiger partial charge in [-0.3, -0.25) is 0 Å². The largest absolute Gasteiger partial charge is 0.309 e. The van der Waals surface area contributed by atoms with E-state index in [1.165, 1.54) is 53.1 Å². The zero-order valence-corrected chi connectivity index (χ0v) is 27.7. The average Bonchev–Trinajstić information content (AvgIpc) is 3.73. The third-order valence-electron chi connectivity index (χ3n) is 9.47. The van der Waals surface area contributed by atoms with Crippen LogP contribution in [0.3, 0.4) is 0 Å². The Balaban J connectivity index is 1.09. The number of rotatable bonds is 5. The number of fused-ring (bicyclic) bond motifs is 6. The maximum absolute atomic E-state index is 4.94. The van der Waals surface area contributed by atoms with Crippen molar-refractivity contribution < 1.29 is 0 Å². The molecule has 10 rings (SSSR count). The van der Waals surface area contributed by atoms with Crippen molar-refractivity contribution in [2.24, 2.45) is 0 Å². The van der Waals surface area contributed by atoms with E-state index < -0.39 is 0 Å². The van der Waals surface area contributed by atoms with Gasteiger partial charge in [-0.15, -0.1) is 11.3 Å². The molecule has 10 aromatic rings. The van der Waals surface area contributed by atoms with Gasteiger partial charge >= 0.3 is 0 Å². The summed E-state index contributed by atoms with van der Waals surface area (Å²) in [4.78, 5) is 14.7. The van der Waals surface area contributed by atoms with Crippen LogP contribution in [-0.4, -0.2) is 19.5 Å². The highest BCUT2D eigenvalue weighted by molar-refractivity contribution is 7.25. The Hall–Kier alpha value is -6.43. The average molecular weight is 657 g/mol. The molecule has 3 heterocycles. The topological polar surface area (TPSA) is 43.6 Å². The first kappa shape index (κ1) is 28.6. The fourth-order valence-corrected chi connectivity index (χ4v) is 8.18. The van der Waals surface area contributed by atoms with Crippen molar-refractivity contribution in [3.05, 3.63) is 170 Å². The van der Waals surface area contributed by atoms with Crippen molar-refractivity contribution >= 4 is 53.3 Å². The second kappa shape index (κ2) is 11.6. The number of hydrogen-bond donors (Lipinski definition) is 0. The SMILES string of the molecule is c1ccc(-c2nc(-c3ccccc3)nc(-c3ccc(-n4c5ccccc5c5ccc(-c6ccc7c(c6)sc6ccccc67)cc54)cc3)n2)cc1. The molecule has 0 radical (unpaired) electrons. The Morgan fingerprint density at radius 3 is 1.50 bits per heavy atom. The molecule has 0 aliphatic rings. The van der Waals surface area contributed by atoms with Gasteiger partial charge in [0.1, 0.15) is 0 Å². The summed E-state index contributed by atoms with van der Waals surface area (Å²) in [7, 11) is 0. The third-order valence-corrected chi connectivity index (χ3v) is 10.6. The molecule has 0 N–H and O–H groups in total. The highest BCUT2D eigenvalue weighted by atomic mass is 32.1. The van der Waals surface area contributed by atoms with E-state index >= 15 is 0 Å². The van der Waals surface area contributed by atoms with E-state index in [4.69, 9.17) is 15.0 Å². The van der Waals surface area contributed by atoms with Crippen LogP contribution in [0.1, 0.15) is 0 Å². The Bertz CT molecular complexity index is 2800. The lowest BCUT2D eigenvalue weighted by Gasteiger charge is -2.11. The molecule has 0 atom stereocenters. The van der Waals surface area contributed by atoms with E-state index in [0.29, 0.717) is 17.5 Å². The van der Waals surface area contributed by atoms with Crippen molar-refractivity contribution in [3.63, 3.8) is 0 Å². The first-order valence-corrected chi connectivity index (χ1v) is 17.5. The maximum Gasteiger partial charge on any atom is 0.164 e. The molecule has 0 aliphatic heterocycles. The van der Waals surface area contributed by atoms with E-state index in [0.717, 1.165) is 22.4 Å². The van der Waals surface area contributed by atoms with Gasteiger partial charge in [-0.05, 0) is 59.7 Å². The van der Waals surface area contributed by atoms with Crippen molar-refractivity contribution in [2.75, 3.05) is 0 Å². The second-order valence-electron chi connectivity index (χ2n) is 12.5. The molecule has 0 fully saturated rings. The summed E-state index contributed by atoms with van der Waals surface area (Å²) < 4.78 is 5.00. The summed E-state index contributed by atoms with van der Waals surface area (Å²) in [6.07, 6.45) is 0. The zero-order valence-electron chi connectivity index (χ0n) is 26.9. The van der Waals surface area contributed by atoms with Crippen LogP contribution in [0.5, 0.6) is 0 Å². The first-order chi connectivity index (χ1) is 24.8. The minimum atomic E-state index is 0.644. The number of nitrogens with zero attached hydrogens (tertiary/aromatic N) is 4. The quantitative estimate of drug-likeness (QED) is 0.185. The number of para-hydroxylation sites is 1. The predicted octanol–water partition coefficient (Wildman–Crippen LogP) is 12.0. The molecular weight excluding hydrogens is 629 g/mol. The van der Waals surface area contributed by atoms with Gasteiger partial charge in [0.15, 0.2) is 17.5 Å². The van der Waals surface area contributed by atoms with Gasteiger partial charge in [0.05, 0.1) is 11.0 Å². The van der Waals surface area contributed by atoms with Crippen LogP contribution in [0, 0.1) is 0 Å². The van der Waals surface area contributed by atoms with Crippen LogP contribution in [0.4, 0.5) is 0 Å². The van der Waals surface area contributed by atoms with Gasteiger partial charge in [0, 0.05) is 53.3 Å². The van der Waals surface area contributed by atoms with E-state index in [-0.39, 0.29) is 0 Å². The standard InChI is InChI=1S/C45H28N4S/c1-3-11-29(12-4-1)43-46-44(30-13-5-2-6-14-30)48-45(47-43)31-19-23-34(24-20-31)49-39-17-9-7-15-35(39)36-25-21-32(27-40(36)49)33-22-26-38-37-16-8-10-18-41(37)50-42(38)28-33/h1-28H. The minimum absolute atomic E-state index is 0.644. The van der Waals surface area contributed by atoms with Gasteiger partial charge < -0.3 is 4.57 Å². The molecule has 3 aromatic heterocycles. The highest BCUT2D eigenvalue weighted by Gasteiger charge is 2.16. The number of thiophene rings is 1. The smallest absolute Gasteiger partial charge is 0.164 e. The van der Waals surface area contributed by atoms with Crippen molar-refractivity contribution in [2.45, 2.75) is 0 Å². The van der Waals surface area contributed by atoms with Gasteiger partial charge in [-0.2, -0.15) is 0 Å². The lowest BCUT2D eigenvalue weighted by Crippen LogP contribution is -2.00. The van der Waals surface area contributed by atoms with Crippen molar-refractivity contribution in [3.8, 4) is 51.0 Å². The minimum Gasteiger partial charge on any atom is -0.309 e. The second-order valence-corrected chi connectivity index (χ2v) is 13.6. The molecule has 234 valence electrons. The van der Waals surface area contributed by atoms with E-state index in [1.807, 2.05) is 72.0 Å². The molecule has 0 saturated carbocycles. The van der Waals surface area contributed by atoms with E-state index in [1.54, 1.807) is 0 Å². The van der Waals surface area contributed by atoms with Crippen molar-refractivity contribution in [1.29, 1.82) is 0 Å². The molecular formula is C45H28N4S. The van der Waals surface area contributed by atoms with Crippen LogP contribution in [0.25, 0.3) is 93.0 Å². The first-order valence-electron chi connectivity index (χ1n) is 16.7. The highest BCUT2D eigenvalue weighted by Crippen LogP contribution is 2.39. The summed E-state index contributed by atoms with van der Waals surface area (Å²) in [6.45, 7) is 0. The lowest BCUT2D eigenvalue weighted by atomic mass is 10.0. The maximum atomic E-state index is 4.94. The summed E-state index contributed by atoms with van der Waals surface area (Å²) in [5.74, 6) is 1.95. The van der Waals surface area contributed by atoms with Crippen LogP contribution >= 0.6 is 11.3 Å². The van der Waals surface area contributed by atoms with Gasteiger partial charge in [0.2, 0.25) is 0 Å². The molecule has 4 nitrogen and oxygen atoms in total. The molecule has 7 aromatic carbocycles. The Kier molecular flexibility index (Phi) is 6.64. The number of aromatic nitrogens is 4. The lowest BCUT2D eigenvalue weighted by molar-refractivity contribution is 1.07. The molecule has 50 heavy (non-hydrogen) atoms.